The molecular formula is C17H12FN3OS. The smallest absolute Gasteiger partial charge is 0.266 e. The van der Waals surface area contributed by atoms with E-state index in [1.54, 1.807) is 43.3 Å². The zero-order valence-electron chi connectivity index (χ0n) is 12.2. The van der Waals surface area contributed by atoms with Crippen molar-refractivity contribution >= 4 is 22.7 Å². The summed E-state index contributed by atoms with van der Waals surface area (Å²) in [6.45, 7) is 1.71. The van der Waals surface area contributed by atoms with Crippen LogP contribution in [0.25, 0.3) is 16.6 Å². The van der Waals surface area contributed by atoms with Crippen LogP contribution in [0.1, 0.15) is 6.92 Å². The number of rotatable bonds is 3. The third kappa shape index (κ3) is 2.83. The molecule has 0 saturated carbocycles. The summed E-state index contributed by atoms with van der Waals surface area (Å²) in [5.74, 6) is -0.516. The van der Waals surface area contributed by atoms with Crippen molar-refractivity contribution in [1.29, 1.82) is 5.26 Å². The molecule has 0 N–H and O–H groups in total. The SMILES string of the molecule is C[C@H](C#N)Sc1nc2ccccc2c(=O)n1-c1ccccc1F. The molecule has 0 amide bonds. The Balaban J connectivity index is 2.36. The molecule has 0 aliphatic heterocycles. The average Bonchev–Trinajstić information content (AvgIpc) is 2.56. The molecule has 1 heterocycles. The summed E-state index contributed by atoms with van der Waals surface area (Å²) in [6.07, 6.45) is 0. The number of fused-ring (bicyclic) bond motifs is 1. The van der Waals surface area contributed by atoms with Crippen molar-refractivity contribution in [3.63, 3.8) is 0 Å². The highest BCUT2D eigenvalue weighted by molar-refractivity contribution is 8.00. The lowest BCUT2D eigenvalue weighted by Gasteiger charge is -2.14. The number of aromatic nitrogens is 2. The van der Waals surface area contributed by atoms with Gasteiger partial charge in [0.1, 0.15) is 5.82 Å². The van der Waals surface area contributed by atoms with E-state index in [0.29, 0.717) is 16.1 Å². The molecule has 1 atom stereocenters. The molecule has 23 heavy (non-hydrogen) atoms. The zero-order chi connectivity index (χ0) is 16.4. The second-order valence-corrected chi connectivity index (χ2v) is 6.20. The summed E-state index contributed by atoms with van der Waals surface area (Å²) in [6, 6.07) is 15.0. The normalized spacial score (nSPS) is 12.0. The van der Waals surface area contributed by atoms with Crippen molar-refractivity contribution in [2.45, 2.75) is 17.3 Å². The number of hydrogen-bond acceptors (Lipinski definition) is 4. The second-order valence-electron chi connectivity index (χ2n) is 4.89. The van der Waals surface area contributed by atoms with Crippen LogP contribution in [0.15, 0.2) is 58.5 Å². The average molecular weight is 325 g/mol. The van der Waals surface area contributed by atoms with Gasteiger partial charge in [-0.15, -0.1) is 0 Å². The summed E-state index contributed by atoms with van der Waals surface area (Å²) in [4.78, 5) is 17.3. The van der Waals surface area contributed by atoms with Crippen LogP contribution in [0, 0.1) is 17.1 Å². The van der Waals surface area contributed by atoms with Crippen LogP contribution in [0.2, 0.25) is 0 Å². The number of para-hydroxylation sites is 2. The van der Waals surface area contributed by atoms with E-state index in [1.807, 2.05) is 0 Å². The molecule has 4 nitrogen and oxygen atoms in total. The molecule has 6 heteroatoms. The van der Waals surface area contributed by atoms with Crippen molar-refractivity contribution in [3.05, 3.63) is 64.7 Å². The van der Waals surface area contributed by atoms with Gasteiger partial charge in [0.2, 0.25) is 0 Å². The summed E-state index contributed by atoms with van der Waals surface area (Å²) < 4.78 is 15.4. The Labute approximate surface area is 136 Å². The number of nitriles is 1. The predicted molar refractivity (Wildman–Crippen MR) is 88.2 cm³/mol. The standard InChI is InChI=1S/C17H12FN3OS/c1-11(10-19)23-17-20-14-8-4-2-6-12(14)16(22)21(17)15-9-5-3-7-13(15)18/h2-9,11H,1H3/t11-/m1/s1. The molecule has 0 unspecified atom stereocenters. The number of benzene rings is 2. The van der Waals surface area contributed by atoms with Crippen LogP contribution in [-0.2, 0) is 0 Å². The third-order valence-corrected chi connectivity index (χ3v) is 4.25. The minimum absolute atomic E-state index is 0.128. The third-order valence-electron chi connectivity index (χ3n) is 3.30. The van der Waals surface area contributed by atoms with Gasteiger partial charge in [-0.3, -0.25) is 9.36 Å². The molecule has 0 saturated heterocycles. The van der Waals surface area contributed by atoms with Gasteiger partial charge in [0, 0.05) is 0 Å². The van der Waals surface area contributed by atoms with E-state index in [9.17, 15) is 9.18 Å². The van der Waals surface area contributed by atoms with Gasteiger partial charge in [-0.1, -0.05) is 36.0 Å². The minimum atomic E-state index is -0.516. The fourth-order valence-electron chi connectivity index (χ4n) is 2.22. The van der Waals surface area contributed by atoms with E-state index in [2.05, 4.69) is 11.1 Å². The quantitative estimate of drug-likeness (QED) is 0.546. The van der Waals surface area contributed by atoms with Gasteiger partial charge in [-0.2, -0.15) is 5.26 Å². The summed E-state index contributed by atoms with van der Waals surface area (Å²) in [5.41, 5.74) is 0.300. The molecule has 0 radical (unpaired) electrons. The monoisotopic (exact) mass is 325 g/mol. The van der Waals surface area contributed by atoms with Crippen molar-refractivity contribution in [3.8, 4) is 11.8 Å². The molecule has 0 spiro atoms. The number of hydrogen-bond donors (Lipinski definition) is 0. The van der Waals surface area contributed by atoms with Crippen molar-refractivity contribution < 1.29 is 4.39 Å². The Bertz CT molecular complexity index is 977. The van der Waals surface area contributed by atoms with Gasteiger partial charge < -0.3 is 0 Å². The highest BCUT2D eigenvalue weighted by Gasteiger charge is 2.17. The minimum Gasteiger partial charge on any atom is -0.268 e. The largest absolute Gasteiger partial charge is 0.268 e. The van der Waals surface area contributed by atoms with Crippen LogP contribution in [0.3, 0.4) is 0 Å². The lowest BCUT2D eigenvalue weighted by molar-refractivity contribution is 0.608. The van der Waals surface area contributed by atoms with E-state index >= 15 is 0 Å². The molecule has 0 aliphatic rings. The van der Waals surface area contributed by atoms with Crippen LogP contribution < -0.4 is 5.56 Å². The molecule has 3 rings (SSSR count). The van der Waals surface area contributed by atoms with Gasteiger partial charge in [-0.05, 0) is 31.2 Å². The Morgan fingerprint density at radius 2 is 1.91 bits per heavy atom. The summed E-state index contributed by atoms with van der Waals surface area (Å²) in [5, 5.41) is 9.33. The molecular weight excluding hydrogens is 313 g/mol. The Kier molecular flexibility index (Phi) is 4.13. The molecule has 0 aliphatic carbocycles. The van der Waals surface area contributed by atoms with E-state index < -0.39 is 11.1 Å². The molecule has 114 valence electrons. The Hall–Kier alpha value is -2.65. The molecule has 2 aromatic carbocycles. The molecule has 3 aromatic rings. The lowest BCUT2D eigenvalue weighted by Crippen LogP contribution is -2.23. The first kappa shape index (κ1) is 15.3. The fraction of sp³-hybridized carbons (Fsp3) is 0.118. The van der Waals surface area contributed by atoms with Crippen LogP contribution in [0.4, 0.5) is 4.39 Å². The highest BCUT2D eigenvalue weighted by atomic mass is 32.2. The maximum absolute atomic E-state index is 14.2. The number of thioether (sulfide) groups is 1. The first-order valence-corrected chi connectivity index (χ1v) is 7.82. The fourth-order valence-corrected chi connectivity index (χ4v) is 3.03. The predicted octanol–water partition coefficient (Wildman–Crippen LogP) is 3.53. The molecule has 0 bridgehead atoms. The lowest BCUT2D eigenvalue weighted by atomic mass is 10.2. The van der Waals surface area contributed by atoms with Gasteiger partial charge in [0.15, 0.2) is 5.16 Å². The maximum Gasteiger partial charge on any atom is 0.266 e. The molecule has 1 aromatic heterocycles. The highest BCUT2D eigenvalue weighted by Crippen LogP contribution is 2.25. The number of nitrogens with zero attached hydrogens (tertiary/aromatic N) is 3. The topological polar surface area (TPSA) is 58.7 Å². The van der Waals surface area contributed by atoms with Crippen LogP contribution >= 0.6 is 11.8 Å². The first-order chi connectivity index (χ1) is 11.1. The zero-order valence-corrected chi connectivity index (χ0v) is 13.0. The van der Waals surface area contributed by atoms with E-state index in [1.165, 1.54) is 16.7 Å². The summed E-state index contributed by atoms with van der Waals surface area (Å²) in [7, 11) is 0. The van der Waals surface area contributed by atoms with E-state index in [0.717, 1.165) is 11.8 Å². The van der Waals surface area contributed by atoms with Gasteiger partial charge in [-0.25, -0.2) is 9.37 Å². The van der Waals surface area contributed by atoms with Crippen molar-refractivity contribution in [1.82, 2.24) is 9.55 Å². The van der Waals surface area contributed by atoms with Crippen molar-refractivity contribution in [2.75, 3.05) is 0 Å². The first-order valence-electron chi connectivity index (χ1n) is 6.95. The molecule has 0 fully saturated rings. The Morgan fingerprint density at radius 1 is 1.22 bits per heavy atom. The van der Waals surface area contributed by atoms with Crippen LogP contribution in [-0.4, -0.2) is 14.8 Å². The summed E-state index contributed by atoms with van der Waals surface area (Å²) >= 11 is 1.13. The second kappa shape index (κ2) is 6.23. The van der Waals surface area contributed by atoms with Gasteiger partial charge in [0.25, 0.3) is 5.56 Å². The van der Waals surface area contributed by atoms with Gasteiger partial charge in [0.05, 0.1) is 27.9 Å². The van der Waals surface area contributed by atoms with Crippen LogP contribution in [0.5, 0.6) is 0 Å². The van der Waals surface area contributed by atoms with Gasteiger partial charge >= 0.3 is 0 Å². The Morgan fingerprint density at radius 3 is 2.65 bits per heavy atom. The van der Waals surface area contributed by atoms with E-state index in [-0.39, 0.29) is 11.2 Å². The van der Waals surface area contributed by atoms with Crippen molar-refractivity contribution in [2.24, 2.45) is 0 Å². The number of halogens is 1. The van der Waals surface area contributed by atoms with E-state index in [4.69, 9.17) is 5.26 Å². The maximum atomic E-state index is 14.2.